The van der Waals surface area contributed by atoms with Crippen LogP contribution in [0.15, 0.2) is 40.1 Å². The molecule has 1 amide bonds. The fourth-order valence-corrected chi connectivity index (χ4v) is 1.83. The molecule has 0 fully saturated rings. The molecule has 0 atom stereocenters. The molecule has 1 aromatic carbocycles. The van der Waals surface area contributed by atoms with E-state index in [4.69, 9.17) is 0 Å². The number of aromatic amines is 1. The van der Waals surface area contributed by atoms with Gasteiger partial charge in [-0.25, -0.2) is 13.6 Å². The number of carbonyl (C=O) groups is 1. The predicted octanol–water partition coefficient (Wildman–Crippen LogP) is 0.473. The minimum absolute atomic E-state index is 0.0664. The number of likely N-dealkylation sites (N-methyl/N-ethyl adjacent to an activating group) is 1. The molecule has 0 aliphatic carbocycles. The maximum atomic E-state index is 13.5. The highest BCUT2D eigenvalue weighted by molar-refractivity contribution is 5.75. The lowest BCUT2D eigenvalue weighted by Gasteiger charge is -2.18. The van der Waals surface area contributed by atoms with E-state index in [1.165, 1.54) is 24.2 Å². The molecule has 2 aromatic rings. The van der Waals surface area contributed by atoms with Crippen LogP contribution < -0.4 is 11.2 Å². The molecule has 6 nitrogen and oxygen atoms in total. The fourth-order valence-electron chi connectivity index (χ4n) is 1.83. The average molecular weight is 309 g/mol. The first kappa shape index (κ1) is 15.6. The van der Waals surface area contributed by atoms with E-state index in [9.17, 15) is 23.2 Å². The van der Waals surface area contributed by atoms with E-state index in [0.29, 0.717) is 0 Å². The summed E-state index contributed by atoms with van der Waals surface area (Å²) in [5, 5.41) is 0. The standard InChI is InChI=1S/C14H13F2N3O3/c1-18(7-9-2-3-10(15)6-11(9)16)13(21)8-19-5-4-12(20)17-14(19)22/h2-6H,7-8H2,1H3,(H,17,20,22). The minimum atomic E-state index is -0.749. The molecule has 1 aromatic heterocycles. The summed E-state index contributed by atoms with van der Waals surface area (Å²) in [6.07, 6.45) is 1.20. The smallest absolute Gasteiger partial charge is 0.328 e. The van der Waals surface area contributed by atoms with Crippen LogP contribution in [0.3, 0.4) is 0 Å². The lowest BCUT2D eigenvalue weighted by Crippen LogP contribution is -2.36. The topological polar surface area (TPSA) is 75.2 Å². The maximum Gasteiger partial charge on any atom is 0.328 e. The van der Waals surface area contributed by atoms with Crippen molar-refractivity contribution in [3.63, 3.8) is 0 Å². The normalized spacial score (nSPS) is 10.5. The number of hydrogen-bond acceptors (Lipinski definition) is 3. The Morgan fingerprint density at radius 1 is 1.27 bits per heavy atom. The highest BCUT2D eigenvalue weighted by atomic mass is 19.1. The van der Waals surface area contributed by atoms with Crippen LogP contribution in [0.1, 0.15) is 5.56 Å². The third-order valence-electron chi connectivity index (χ3n) is 3.05. The first-order valence-corrected chi connectivity index (χ1v) is 6.34. The van der Waals surface area contributed by atoms with Crippen molar-refractivity contribution in [1.29, 1.82) is 0 Å². The van der Waals surface area contributed by atoms with E-state index >= 15 is 0 Å². The van der Waals surface area contributed by atoms with Gasteiger partial charge < -0.3 is 4.90 Å². The second kappa shape index (κ2) is 6.33. The second-order valence-electron chi connectivity index (χ2n) is 4.72. The highest BCUT2D eigenvalue weighted by Crippen LogP contribution is 2.11. The number of halogens is 2. The molecule has 0 radical (unpaired) electrons. The molecule has 1 heterocycles. The Bertz CT molecular complexity index is 813. The van der Waals surface area contributed by atoms with E-state index in [1.807, 2.05) is 4.98 Å². The van der Waals surface area contributed by atoms with E-state index in [0.717, 1.165) is 22.8 Å². The average Bonchev–Trinajstić information content (AvgIpc) is 2.44. The van der Waals surface area contributed by atoms with Crippen molar-refractivity contribution in [1.82, 2.24) is 14.5 Å². The zero-order valence-electron chi connectivity index (χ0n) is 11.7. The van der Waals surface area contributed by atoms with Crippen LogP contribution in [-0.4, -0.2) is 27.4 Å². The van der Waals surface area contributed by atoms with Crippen LogP contribution >= 0.6 is 0 Å². The van der Waals surface area contributed by atoms with Crippen LogP contribution in [0.2, 0.25) is 0 Å². The van der Waals surface area contributed by atoms with Gasteiger partial charge in [0.05, 0.1) is 0 Å². The van der Waals surface area contributed by atoms with Gasteiger partial charge in [0.1, 0.15) is 18.2 Å². The van der Waals surface area contributed by atoms with Crippen molar-refractivity contribution in [2.45, 2.75) is 13.1 Å². The van der Waals surface area contributed by atoms with Gasteiger partial charge in [0, 0.05) is 37.5 Å². The number of carbonyl (C=O) groups excluding carboxylic acids is 1. The van der Waals surface area contributed by atoms with Crippen LogP contribution in [0.4, 0.5) is 8.78 Å². The summed E-state index contributed by atoms with van der Waals surface area (Å²) in [6, 6.07) is 4.21. The van der Waals surface area contributed by atoms with Crippen molar-refractivity contribution in [3.8, 4) is 0 Å². The van der Waals surface area contributed by atoms with Gasteiger partial charge in [-0.05, 0) is 6.07 Å². The van der Waals surface area contributed by atoms with Gasteiger partial charge >= 0.3 is 5.69 Å². The number of amides is 1. The maximum absolute atomic E-state index is 13.5. The Balaban J connectivity index is 2.09. The van der Waals surface area contributed by atoms with Crippen LogP contribution in [0.5, 0.6) is 0 Å². The van der Waals surface area contributed by atoms with E-state index < -0.39 is 28.8 Å². The van der Waals surface area contributed by atoms with E-state index in [-0.39, 0.29) is 18.7 Å². The van der Waals surface area contributed by atoms with Crippen molar-refractivity contribution >= 4 is 5.91 Å². The molecular weight excluding hydrogens is 296 g/mol. The van der Waals surface area contributed by atoms with Crippen LogP contribution in [0, 0.1) is 11.6 Å². The van der Waals surface area contributed by atoms with Crippen LogP contribution in [0.25, 0.3) is 0 Å². The number of H-pyrrole nitrogens is 1. The zero-order valence-corrected chi connectivity index (χ0v) is 11.7. The first-order valence-electron chi connectivity index (χ1n) is 6.34. The van der Waals surface area contributed by atoms with Gasteiger partial charge in [-0.2, -0.15) is 0 Å². The van der Waals surface area contributed by atoms with Crippen molar-refractivity contribution in [3.05, 3.63) is 68.5 Å². The third kappa shape index (κ3) is 3.66. The predicted molar refractivity (Wildman–Crippen MR) is 74.2 cm³/mol. The monoisotopic (exact) mass is 309 g/mol. The molecule has 116 valence electrons. The number of hydrogen-bond donors (Lipinski definition) is 1. The molecule has 0 unspecified atom stereocenters. The number of benzene rings is 1. The lowest BCUT2D eigenvalue weighted by molar-refractivity contribution is -0.131. The summed E-state index contributed by atoms with van der Waals surface area (Å²) in [7, 11) is 1.43. The van der Waals surface area contributed by atoms with Gasteiger partial charge in [0.2, 0.25) is 5.91 Å². The molecule has 0 aliphatic rings. The summed E-state index contributed by atoms with van der Waals surface area (Å²) in [6.45, 7) is -0.363. The Morgan fingerprint density at radius 3 is 2.64 bits per heavy atom. The zero-order chi connectivity index (χ0) is 16.3. The van der Waals surface area contributed by atoms with Gasteiger partial charge in [-0.1, -0.05) is 6.07 Å². The lowest BCUT2D eigenvalue weighted by atomic mass is 10.2. The molecule has 0 saturated carbocycles. The molecular formula is C14H13F2N3O3. The summed E-state index contributed by atoms with van der Waals surface area (Å²) in [4.78, 5) is 37.7. The number of nitrogens with zero attached hydrogens (tertiary/aromatic N) is 2. The van der Waals surface area contributed by atoms with Gasteiger partial charge in [0.15, 0.2) is 0 Å². The Kier molecular flexibility index (Phi) is 4.50. The molecule has 0 aliphatic heterocycles. The fraction of sp³-hybridized carbons (Fsp3) is 0.214. The second-order valence-corrected chi connectivity index (χ2v) is 4.72. The van der Waals surface area contributed by atoms with Gasteiger partial charge in [-0.15, -0.1) is 0 Å². The third-order valence-corrected chi connectivity index (χ3v) is 3.05. The summed E-state index contributed by atoms with van der Waals surface area (Å²) >= 11 is 0. The quantitative estimate of drug-likeness (QED) is 0.892. The number of nitrogens with one attached hydrogen (secondary N) is 1. The molecule has 0 saturated heterocycles. The SMILES string of the molecule is CN(Cc1ccc(F)cc1F)C(=O)Cn1ccc(=O)[nH]c1=O. The Labute approximate surface area is 123 Å². The molecule has 0 spiro atoms. The van der Waals surface area contributed by atoms with Crippen molar-refractivity contribution in [2.75, 3.05) is 7.05 Å². The van der Waals surface area contributed by atoms with E-state index in [2.05, 4.69) is 0 Å². The Morgan fingerprint density at radius 2 is 2.00 bits per heavy atom. The summed E-state index contributed by atoms with van der Waals surface area (Å²) in [5.74, 6) is -1.91. The van der Waals surface area contributed by atoms with Crippen LogP contribution in [-0.2, 0) is 17.9 Å². The highest BCUT2D eigenvalue weighted by Gasteiger charge is 2.13. The first-order chi connectivity index (χ1) is 10.4. The number of aromatic nitrogens is 2. The largest absolute Gasteiger partial charge is 0.340 e. The minimum Gasteiger partial charge on any atom is -0.340 e. The van der Waals surface area contributed by atoms with E-state index in [1.54, 1.807) is 0 Å². The van der Waals surface area contributed by atoms with Gasteiger partial charge in [-0.3, -0.25) is 19.1 Å². The molecule has 2 rings (SSSR count). The molecule has 8 heteroatoms. The van der Waals surface area contributed by atoms with Gasteiger partial charge in [0.25, 0.3) is 5.56 Å². The Hall–Kier alpha value is -2.77. The van der Waals surface area contributed by atoms with Crippen molar-refractivity contribution < 1.29 is 13.6 Å². The molecule has 1 N–H and O–H groups in total. The summed E-state index contributed by atoms with van der Waals surface area (Å²) in [5.41, 5.74) is -1.11. The van der Waals surface area contributed by atoms with Crippen molar-refractivity contribution in [2.24, 2.45) is 0 Å². The number of rotatable bonds is 4. The molecule has 22 heavy (non-hydrogen) atoms. The molecule has 0 bridgehead atoms. The summed E-state index contributed by atoms with van der Waals surface area (Å²) < 4.78 is 27.4.